The molecule has 0 unspecified atom stereocenters. The second-order valence-corrected chi connectivity index (χ2v) is 8.20. The first-order valence-electron chi connectivity index (χ1n) is 8.30. The molecular weight excluding hydrogens is 379 g/mol. The predicted molar refractivity (Wildman–Crippen MR) is 99.4 cm³/mol. The monoisotopic (exact) mass is 408 g/mol. The van der Waals surface area contributed by atoms with E-state index < -0.39 is 0 Å². The molecule has 0 amide bonds. The molecule has 2 aliphatic carbocycles. The summed E-state index contributed by atoms with van der Waals surface area (Å²) >= 11 is 7.28. The van der Waals surface area contributed by atoms with Gasteiger partial charge in [0.15, 0.2) is 0 Å². The zero-order valence-electron chi connectivity index (χ0n) is 16.5. The molecule has 0 fully saturated rings. The number of hydrogen-bond donors (Lipinski definition) is 0. The Morgan fingerprint density at radius 3 is 0.913 bits per heavy atom. The molecular formula is C21H31ClZr. The van der Waals surface area contributed by atoms with Gasteiger partial charge in [-0.15, -0.1) is 11.6 Å². The van der Waals surface area contributed by atoms with Crippen molar-refractivity contribution < 1.29 is 26.2 Å². The fraction of sp³-hybridized carbons (Fsp3) is 0.619. The topological polar surface area (TPSA) is 0 Å². The van der Waals surface area contributed by atoms with E-state index in [0.29, 0.717) is 0 Å². The largest absolute Gasteiger partial charge is 0.120 e. The number of hydrogen-bond acceptors (Lipinski definition) is 0. The van der Waals surface area contributed by atoms with E-state index in [-0.39, 0.29) is 42.4 Å². The molecule has 0 aromatic carbocycles. The van der Waals surface area contributed by atoms with E-state index in [1.54, 1.807) is 0 Å². The molecule has 0 aromatic heterocycles. The minimum atomic E-state index is -0.0715. The van der Waals surface area contributed by atoms with E-state index in [1.165, 1.54) is 44.6 Å². The zero-order chi connectivity index (χ0) is 17.2. The van der Waals surface area contributed by atoms with Gasteiger partial charge in [0.05, 0.1) is 5.38 Å². The van der Waals surface area contributed by atoms with Gasteiger partial charge in [0.1, 0.15) is 0 Å². The van der Waals surface area contributed by atoms with E-state index in [1.807, 2.05) is 0 Å². The molecule has 23 heavy (non-hydrogen) atoms. The van der Waals surface area contributed by atoms with Gasteiger partial charge in [0, 0.05) is 37.0 Å². The van der Waals surface area contributed by atoms with Crippen LogP contribution in [0.3, 0.4) is 0 Å². The third-order valence-electron chi connectivity index (χ3n) is 7.50. The van der Waals surface area contributed by atoms with Crippen LogP contribution in [0.4, 0.5) is 0 Å². The summed E-state index contributed by atoms with van der Waals surface area (Å²) in [5.41, 5.74) is 11.3. The fourth-order valence-corrected chi connectivity index (χ4v) is 5.24. The van der Waals surface area contributed by atoms with E-state index in [9.17, 15) is 0 Å². The normalized spacial score (nSPS) is 23.5. The standard InChI is InChI=1S/C21H31Cl.Zr/c1-11-12(2)16(6)20(9,15(11)5)19(22)21(10)17(7)13(3)14(4)18(21)8;/h19H,1-10H3;. The van der Waals surface area contributed by atoms with Gasteiger partial charge < -0.3 is 0 Å². The zero-order valence-corrected chi connectivity index (χ0v) is 19.7. The minimum Gasteiger partial charge on any atom is -0.120 e. The Hall–Kier alpha value is 0.133. The Balaban J connectivity index is 0.00000264. The molecule has 126 valence electrons. The van der Waals surface area contributed by atoms with Crippen LogP contribution in [0.2, 0.25) is 0 Å². The molecule has 0 aliphatic heterocycles. The van der Waals surface area contributed by atoms with Gasteiger partial charge in [-0.2, -0.15) is 0 Å². The maximum absolute atomic E-state index is 7.28. The second-order valence-electron chi connectivity index (χ2n) is 7.77. The van der Waals surface area contributed by atoms with Crippen LogP contribution in [0.5, 0.6) is 0 Å². The van der Waals surface area contributed by atoms with Crippen molar-refractivity contribution in [1.29, 1.82) is 0 Å². The number of alkyl halides is 1. The first-order chi connectivity index (χ1) is 9.93. The molecule has 0 spiro atoms. The third-order valence-corrected chi connectivity index (χ3v) is 8.38. The molecule has 0 heterocycles. The minimum absolute atomic E-state index is 0. The van der Waals surface area contributed by atoms with Gasteiger partial charge in [0.25, 0.3) is 0 Å². The summed E-state index contributed by atoms with van der Waals surface area (Å²) in [6.45, 7) is 22.7. The van der Waals surface area contributed by atoms with E-state index in [4.69, 9.17) is 11.6 Å². The van der Waals surface area contributed by atoms with Crippen molar-refractivity contribution in [3.05, 3.63) is 44.6 Å². The summed E-state index contributed by atoms with van der Waals surface area (Å²) in [4.78, 5) is 0. The Labute approximate surface area is 167 Å². The van der Waals surface area contributed by atoms with E-state index >= 15 is 0 Å². The van der Waals surface area contributed by atoms with Crippen LogP contribution in [0, 0.1) is 10.8 Å². The smallest absolute Gasteiger partial charge is 0.0592 e. The number of allylic oxidation sites excluding steroid dienone is 8. The molecule has 0 nitrogen and oxygen atoms in total. The van der Waals surface area contributed by atoms with Crippen molar-refractivity contribution in [1.82, 2.24) is 0 Å². The van der Waals surface area contributed by atoms with Crippen LogP contribution in [0.1, 0.15) is 69.2 Å². The SMILES string of the molecule is CC1=C(C)C(C)(C(Cl)C2(C)C(C)=C(C)C(C)=C2C)C(C)=C1C.[Zr]. The molecule has 0 radical (unpaired) electrons. The summed E-state index contributed by atoms with van der Waals surface area (Å²) in [5.74, 6) is 0. The van der Waals surface area contributed by atoms with Gasteiger partial charge in [-0.25, -0.2) is 0 Å². The Kier molecular flexibility index (Phi) is 5.94. The van der Waals surface area contributed by atoms with E-state index in [0.717, 1.165) is 0 Å². The Morgan fingerprint density at radius 2 is 0.739 bits per heavy atom. The van der Waals surface area contributed by atoms with Gasteiger partial charge in [-0.05, 0) is 77.7 Å². The summed E-state index contributed by atoms with van der Waals surface area (Å²) in [6.07, 6.45) is 0. The van der Waals surface area contributed by atoms with Crippen molar-refractivity contribution in [2.45, 2.75) is 74.6 Å². The molecule has 0 N–H and O–H groups in total. The molecule has 2 aliphatic rings. The van der Waals surface area contributed by atoms with Crippen molar-refractivity contribution in [2.24, 2.45) is 10.8 Å². The average Bonchev–Trinajstić information content (AvgIpc) is 2.75. The van der Waals surface area contributed by atoms with Crippen molar-refractivity contribution in [3.8, 4) is 0 Å². The third kappa shape index (κ3) is 2.48. The van der Waals surface area contributed by atoms with Crippen LogP contribution in [0.25, 0.3) is 0 Å². The Morgan fingerprint density at radius 1 is 0.565 bits per heavy atom. The van der Waals surface area contributed by atoms with Crippen molar-refractivity contribution in [3.63, 3.8) is 0 Å². The molecule has 2 heteroatoms. The number of halogens is 1. The maximum atomic E-state index is 7.28. The molecule has 0 saturated carbocycles. The van der Waals surface area contributed by atoms with Gasteiger partial charge >= 0.3 is 0 Å². The molecule has 0 bridgehead atoms. The van der Waals surface area contributed by atoms with Gasteiger partial charge in [-0.1, -0.05) is 36.1 Å². The predicted octanol–water partition coefficient (Wildman–Crippen LogP) is 6.98. The summed E-state index contributed by atoms with van der Waals surface area (Å²) in [5, 5.41) is 0.0276. The summed E-state index contributed by atoms with van der Waals surface area (Å²) < 4.78 is 0. The van der Waals surface area contributed by atoms with Crippen LogP contribution in [0.15, 0.2) is 44.6 Å². The summed E-state index contributed by atoms with van der Waals surface area (Å²) in [6, 6.07) is 0. The van der Waals surface area contributed by atoms with Gasteiger partial charge in [-0.3, -0.25) is 0 Å². The van der Waals surface area contributed by atoms with Crippen molar-refractivity contribution in [2.75, 3.05) is 0 Å². The van der Waals surface area contributed by atoms with Crippen molar-refractivity contribution >= 4 is 11.6 Å². The van der Waals surface area contributed by atoms with Crippen LogP contribution in [-0.4, -0.2) is 5.38 Å². The van der Waals surface area contributed by atoms with E-state index in [2.05, 4.69) is 69.2 Å². The first-order valence-corrected chi connectivity index (χ1v) is 8.73. The van der Waals surface area contributed by atoms with Crippen LogP contribution >= 0.6 is 11.6 Å². The quantitative estimate of drug-likeness (QED) is 0.431. The molecule has 0 saturated heterocycles. The average molecular weight is 410 g/mol. The van der Waals surface area contributed by atoms with Gasteiger partial charge in [0.2, 0.25) is 0 Å². The van der Waals surface area contributed by atoms with Crippen LogP contribution < -0.4 is 0 Å². The fourth-order valence-electron chi connectivity index (χ4n) is 4.58. The first kappa shape index (κ1) is 21.2. The Bertz CT molecular complexity index is 564. The molecule has 2 rings (SSSR count). The molecule has 0 atom stereocenters. The molecule has 0 aromatic rings. The second kappa shape index (κ2) is 6.45. The maximum Gasteiger partial charge on any atom is 0.0592 e. The summed E-state index contributed by atoms with van der Waals surface area (Å²) in [7, 11) is 0. The van der Waals surface area contributed by atoms with Crippen LogP contribution in [-0.2, 0) is 26.2 Å². The number of rotatable bonds is 2.